The van der Waals surface area contributed by atoms with E-state index in [9.17, 15) is 4.79 Å². The van der Waals surface area contributed by atoms with E-state index in [1.54, 1.807) is 11.3 Å². The van der Waals surface area contributed by atoms with E-state index in [1.807, 2.05) is 29.6 Å². The van der Waals surface area contributed by atoms with E-state index in [2.05, 4.69) is 10.3 Å². The highest BCUT2D eigenvalue weighted by atomic mass is 32.1. The number of thiophene rings is 1. The summed E-state index contributed by atoms with van der Waals surface area (Å²) in [6, 6.07) is 8.01. The van der Waals surface area contributed by atoms with Gasteiger partial charge in [-0.15, -0.1) is 11.3 Å². The number of hydrogen-bond acceptors (Lipinski definition) is 4. The SMILES string of the molecule is O=C(CC1=NCCN1)c1csc2ccccc12. The Kier molecular flexibility index (Phi) is 2.65. The van der Waals surface area contributed by atoms with Gasteiger partial charge in [0.1, 0.15) is 5.84 Å². The van der Waals surface area contributed by atoms with Gasteiger partial charge in [0.15, 0.2) is 5.78 Å². The fraction of sp³-hybridized carbons (Fsp3) is 0.231. The number of aliphatic imine (C=N–C) groups is 1. The Labute approximate surface area is 103 Å². The topological polar surface area (TPSA) is 41.5 Å². The summed E-state index contributed by atoms with van der Waals surface area (Å²) in [7, 11) is 0. The van der Waals surface area contributed by atoms with Gasteiger partial charge in [-0.25, -0.2) is 0 Å². The molecule has 0 bridgehead atoms. The lowest BCUT2D eigenvalue weighted by atomic mass is 10.1. The van der Waals surface area contributed by atoms with Crippen LogP contribution in [0.1, 0.15) is 16.8 Å². The van der Waals surface area contributed by atoms with Gasteiger partial charge in [-0.1, -0.05) is 18.2 Å². The number of amidine groups is 1. The second kappa shape index (κ2) is 4.30. The minimum Gasteiger partial charge on any atom is -0.372 e. The lowest BCUT2D eigenvalue weighted by molar-refractivity contribution is 0.100. The summed E-state index contributed by atoms with van der Waals surface area (Å²) in [5.74, 6) is 0.973. The molecule has 3 nitrogen and oxygen atoms in total. The Morgan fingerprint density at radius 3 is 3.12 bits per heavy atom. The monoisotopic (exact) mass is 244 g/mol. The molecule has 0 atom stereocenters. The second-order valence-corrected chi connectivity index (χ2v) is 4.91. The van der Waals surface area contributed by atoms with Crippen LogP contribution in [-0.2, 0) is 0 Å². The Bertz CT molecular complexity index is 600. The molecule has 1 aromatic heterocycles. The number of carbonyl (C=O) groups excluding carboxylic acids is 1. The standard InChI is InChI=1S/C13H12N2OS/c16-11(7-13-14-5-6-15-13)10-8-17-12-4-2-1-3-9(10)12/h1-4,8H,5-7H2,(H,14,15). The largest absolute Gasteiger partial charge is 0.372 e. The summed E-state index contributed by atoms with van der Waals surface area (Å²) < 4.78 is 1.16. The molecule has 4 heteroatoms. The first kappa shape index (κ1) is 10.5. The third-order valence-electron chi connectivity index (χ3n) is 2.85. The molecule has 0 saturated carbocycles. The van der Waals surface area contributed by atoms with Crippen molar-refractivity contribution in [1.29, 1.82) is 0 Å². The highest BCUT2D eigenvalue weighted by Gasteiger charge is 2.15. The van der Waals surface area contributed by atoms with Crippen LogP contribution in [0.4, 0.5) is 0 Å². The van der Waals surface area contributed by atoms with E-state index >= 15 is 0 Å². The van der Waals surface area contributed by atoms with Crippen LogP contribution in [0.2, 0.25) is 0 Å². The molecular formula is C13H12N2OS. The molecule has 17 heavy (non-hydrogen) atoms. The van der Waals surface area contributed by atoms with Crippen molar-refractivity contribution < 1.29 is 4.79 Å². The van der Waals surface area contributed by atoms with Crippen molar-refractivity contribution in [2.75, 3.05) is 13.1 Å². The smallest absolute Gasteiger partial charge is 0.171 e. The summed E-state index contributed by atoms with van der Waals surface area (Å²) in [5.41, 5.74) is 0.821. The quantitative estimate of drug-likeness (QED) is 0.843. The molecule has 0 radical (unpaired) electrons. The minimum absolute atomic E-state index is 0.149. The van der Waals surface area contributed by atoms with E-state index in [4.69, 9.17) is 0 Å². The van der Waals surface area contributed by atoms with Gasteiger partial charge in [0.05, 0.1) is 13.0 Å². The van der Waals surface area contributed by atoms with Crippen molar-refractivity contribution in [3.05, 3.63) is 35.2 Å². The van der Waals surface area contributed by atoms with Crippen LogP contribution < -0.4 is 5.32 Å². The fourth-order valence-corrected chi connectivity index (χ4v) is 2.97. The first-order valence-corrected chi connectivity index (χ1v) is 6.49. The van der Waals surface area contributed by atoms with Gasteiger partial charge in [-0.3, -0.25) is 9.79 Å². The average Bonchev–Trinajstić information content (AvgIpc) is 2.96. The molecule has 0 unspecified atom stereocenters. The maximum Gasteiger partial charge on any atom is 0.171 e. The minimum atomic E-state index is 0.149. The van der Waals surface area contributed by atoms with Gasteiger partial charge in [0, 0.05) is 27.6 Å². The van der Waals surface area contributed by atoms with E-state index in [0.29, 0.717) is 6.42 Å². The third-order valence-corrected chi connectivity index (χ3v) is 3.82. The van der Waals surface area contributed by atoms with Gasteiger partial charge in [-0.2, -0.15) is 0 Å². The predicted molar refractivity (Wildman–Crippen MR) is 71.1 cm³/mol. The highest BCUT2D eigenvalue weighted by molar-refractivity contribution is 7.17. The molecule has 0 spiro atoms. The number of carbonyl (C=O) groups is 1. The predicted octanol–water partition coefficient (Wildman–Crippen LogP) is 2.48. The molecule has 0 amide bonds. The van der Waals surface area contributed by atoms with Crippen LogP contribution in [0.25, 0.3) is 10.1 Å². The summed E-state index contributed by atoms with van der Waals surface area (Å²) >= 11 is 1.62. The first-order valence-electron chi connectivity index (χ1n) is 5.61. The van der Waals surface area contributed by atoms with Crippen LogP contribution in [0.5, 0.6) is 0 Å². The number of Topliss-reactive ketones (excluding diaryl/α,β-unsaturated/α-hetero) is 1. The Morgan fingerprint density at radius 2 is 2.29 bits per heavy atom. The molecule has 2 aromatic rings. The molecule has 86 valence electrons. The lowest BCUT2D eigenvalue weighted by Gasteiger charge is -2.00. The van der Waals surface area contributed by atoms with Crippen molar-refractivity contribution in [3.63, 3.8) is 0 Å². The summed E-state index contributed by atoms with van der Waals surface area (Å²) in [5, 5.41) is 6.13. The summed E-state index contributed by atoms with van der Waals surface area (Å²) in [4.78, 5) is 16.4. The van der Waals surface area contributed by atoms with E-state index in [1.165, 1.54) is 0 Å². The average molecular weight is 244 g/mol. The van der Waals surface area contributed by atoms with E-state index < -0.39 is 0 Å². The number of ketones is 1. The van der Waals surface area contributed by atoms with E-state index in [-0.39, 0.29) is 5.78 Å². The van der Waals surface area contributed by atoms with Crippen LogP contribution in [-0.4, -0.2) is 24.7 Å². The molecule has 0 fully saturated rings. The van der Waals surface area contributed by atoms with Gasteiger partial charge < -0.3 is 5.32 Å². The molecule has 1 aromatic carbocycles. The highest BCUT2D eigenvalue weighted by Crippen LogP contribution is 2.26. The van der Waals surface area contributed by atoms with E-state index in [0.717, 1.165) is 34.6 Å². The van der Waals surface area contributed by atoms with Crippen molar-refractivity contribution in [2.24, 2.45) is 4.99 Å². The Hall–Kier alpha value is -1.68. The van der Waals surface area contributed by atoms with Gasteiger partial charge in [-0.05, 0) is 6.07 Å². The maximum absolute atomic E-state index is 12.2. The molecular weight excluding hydrogens is 232 g/mol. The van der Waals surface area contributed by atoms with Gasteiger partial charge in [0.2, 0.25) is 0 Å². The van der Waals surface area contributed by atoms with Crippen molar-refractivity contribution >= 4 is 33.0 Å². The summed E-state index contributed by atoms with van der Waals surface area (Å²) in [6.45, 7) is 1.64. The van der Waals surface area contributed by atoms with Crippen molar-refractivity contribution in [1.82, 2.24) is 5.32 Å². The molecule has 1 N–H and O–H groups in total. The molecule has 0 saturated heterocycles. The zero-order valence-electron chi connectivity index (χ0n) is 9.27. The van der Waals surface area contributed by atoms with Crippen LogP contribution in [0.15, 0.2) is 34.6 Å². The van der Waals surface area contributed by atoms with Crippen LogP contribution >= 0.6 is 11.3 Å². The number of benzene rings is 1. The fourth-order valence-electron chi connectivity index (χ4n) is 2.01. The molecule has 3 rings (SSSR count). The second-order valence-electron chi connectivity index (χ2n) is 4.00. The zero-order valence-corrected chi connectivity index (χ0v) is 10.1. The zero-order chi connectivity index (χ0) is 11.7. The lowest BCUT2D eigenvalue weighted by Crippen LogP contribution is -2.21. The van der Waals surface area contributed by atoms with Crippen LogP contribution in [0.3, 0.4) is 0 Å². The Balaban J connectivity index is 1.90. The maximum atomic E-state index is 12.2. The van der Waals surface area contributed by atoms with Crippen LogP contribution in [0, 0.1) is 0 Å². The molecule has 2 heterocycles. The number of nitrogens with one attached hydrogen (secondary N) is 1. The summed E-state index contributed by atoms with van der Waals surface area (Å²) in [6.07, 6.45) is 0.390. The third kappa shape index (κ3) is 1.96. The van der Waals surface area contributed by atoms with Gasteiger partial charge >= 0.3 is 0 Å². The number of hydrogen-bond donors (Lipinski definition) is 1. The van der Waals surface area contributed by atoms with Gasteiger partial charge in [0.25, 0.3) is 0 Å². The number of rotatable bonds is 3. The first-order chi connectivity index (χ1) is 8.34. The normalized spacial score (nSPS) is 14.7. The Morgan fingerprint density at radius 1 is 1.41 bits per heavy atom. The van der Waals surface area contributed by atoms with Crippen molar-refractivity contribution in [3.8, 4) is 0 Å². The molecule has 1 aliphatic rings. The number of fused-ring (bicyclic) bond motifs is 1. The van der Waals surface area contributed by atoms with Crippen molar-refractivity contribution in [2.45, 2.75) is 6.42 Å². The molecule has 1 aliphatic heterocycles. The number of nitrogens with zero attached hydrogens (tertiary/aromatic N) is 1. The molecule has 0 aliphatic carbocycles.